The number of halogens is 1. The molecule has 1 saturated heterocycles. The fourth-order valence-electron chi connectivity index (χ4n) is 3.74. The molecule has 4 atom stereocenters. The number of hydrogen-bond donors (Lipinski definition) is 6. The average molecular weight is 481 g/mol. The van der Waals surface area contributed by atoms with Gasteiger partial charge in [0.2, 0.25) is 5.95 Å². The summed E-state index contributed by atoms with van der Waals surface area (Å²) < 4.78 is 6.99. The molecule has 0 unspecified atom stereocenters. The summed E-state index contributed by atoms with van der Waals surface area (Å²) in [5.41, 5.74) is 8.79. The molecule has 0 aliphatic carbocycles. The highest BCUT2D eigenvalue weighted by molar-refractivity contribution is 5.85. The summed E-state index contributed by atoms with van der Waals surface area (Å²) >= 11 is 0. The van der Waals surface area contributed by atoms with Crippen LogP contribution in [0.4, 0.5) is 17.5 Å². The highest BCUT2D eigenvalue weighted by Gasteiger charge is 2.44. The highest BCUT2D eigenvalue weighted by Crippen LogP contribution is 2.32. The van der Waals surface area contributed by atoms with Crippen molar-refractivity contribution in [2.75, 3.05) is 17.7 Å². The number of benzene rings is 1. The van der Waals surface area contributed by atoms with E-state index in [4.69, 9.17) is 15.6 Å². The van der Waals surface area contributed by atoms with Crippen molar-refractivity contribution in [1.29, 1.82) is 0 Å². The third-order valence-corrected chi connectivity index (χ3v) is 5.40. The van der Waals surface area contributed by atoms with Gasteiger partial charge in [-0.15, -0.1) is 12.4 Å². The maximum Gasteiger partial charge on any atom is 0.307 e. The van der Waals surface area contributed by atoms with Gasteiger partial charge >= 0.3 is 5.97 Å². The van der Waals surface area contributed by atoms with E-state index in [1.807, 2.05) is 13.0 Å². The van der Waals surface area contributed by atoms with E-state index in [0.717, 1.165) is 5.56 Å². The van der Waals surface area contributed by atoms with Crippen LogP contribution in [-0.4, -0.2) is 70.8 Å². The first kappa shape index (κ1) is 24.6. The molecule has 4 rings (SSSR count). The fourth-order valence-corrected chi connectivity index (χ4v) is 3.74. The highest BCUT2D eigenvalue weighted by atomic mass is 35.5. The van der Waals surface area contributed by atoms with Crippen molar-refractivity contribution < 1.29 is 30.0 Å². The molecule has 13 heteroatoms. The van der Waals surface area contributed by atoms with Crippen LogP contribution in [0.5, 0.6) is 0 Å². The lowest BCUT2D eigenvalue weighted by Crippen LogP contribution is -2.33. The zero-order chi connectivity index (χ0) is 23.0. The molecule has 0 spiro atoms. The largest absolute Gasteiger partial charge is 0.481 e. The van der Waals surface area contributed by atoms with E-state index < -0.39 is 37.1 Å². The summed E-state index contributed by atoms with van der Waals surface area (Å²) in [4.78, 5) is 24.0. The second-order valence-electron chi connectivity index (χ2n) is 7.53. The van der Waals surface area contributed by atoms with E-state index in [2.05, 4.69) is 20.3 Å². The van der Waals surface area contributed by atoms with E-state index in [1.54, 1.807) is 12.1 Å². The Kier molecular flexibility index (Phi) is 7.34. The second kappa shape index (κ2) is 9.85. The molecule has 178 valence electrons. The summed E-state index contributed by atoms with van der Waals surface area (Å²) in [5, 5.41) is 41.9. The van der Waals surface area contributed by atoms with Gasteiger partial charge in [-0.1, -0.05) is 19.1 Å². The number of nitrogens with one attached hydrogen (secondary N) is 1. The van der Waals surface area contributed by atoms with Crippen molar-refractivity contribution in [3.63, 3.8) is 0 Å². The van der Waals surface area contributed by atoms with E-state index in [-0.39, 0.29) is 41.8 Å². The standard InChI is InChI=1S/C20H24N6O6.ClH/c1-2-10-4-3-9(6-13(28)29)5-11(10)23-20-24-17(21)14-18(25-20)26(8-22-14)19-16(31)15(30)12(7-27)32-19;/h3-5,8,12,15-16,19,27,30-31H,2,6-7H2,1H3,(H,28,29)(H3,21,23,24,25);1H/t12-,15-,16-,19-;/m1./s1. The molecule has 0 bridgehead atoms. The first-order valence-corrected chi connectivity index (χ1v) is 10.1. The monoisotopic (exact) mass is 480 g/mol. The minimum absolute atomic E-state index is 0. The molecule has 3 aromatic rings. The van der Waals surface area contributed by atoms with Crippen LogP contribution in [-0.2, 0) is 22.4 Å². The van der Waals surface area contributed by atoms with E-state index >= 15 is 0 Å². The minimum atomic E-state index is -1.31. The summed E-state index contributed by atoms with van der Waals surface area (Å²) in [7, 11) is 0. The molecule has 33 heavy (non-hydrogen) atoms. The van der Waals surface area contributed by atoms with Gasteiger partial charge in [0.15, 0.2) is 17.7 Å². The van der Waals surface area contributed by atoms with Crippen LogP contribution in [0.15, 0.2) is 24.5 Å². The Morgan fingerprint density at radius 3 is 2.67 bits per heavy atom. The molecular formula is C20H25ClN6O6. The fraction of sp³-hybridized carbons (Fsp3) is 0.400. The Balaban J connectivity index is 0.00000306. The lowest BCUT2D eigenvalue weighted by Gasteiger charge is -2.17. The first-order chi connectivity index (χ1) is 15.3. The van der Waals surface area contributed by atoms with Gasteiger partial charge in [0, 0.05) is 5.69 Å². The molecule has 1 aromatic carbocycles. The maximum absolute atomic E-state index is 11.1. The number of aliphatic carboxylic acids is 1. The van der Waals surface area contributed by atoms with Gasteiger partial charge in [-0.2, -0.15) is 9.97 Å². The normalized spacial score (nSPS) is 22.3. The number of aryl methyl sites for hydroxylation is 1. The summed E-state index contributed by atoms with van der Waals surface area (Å²) in [6, 6.07) is 5.32. The van der Waals surface area contributed by atoms with Crippen molar-refractivity contribution in [2.24, 2.45) is 0 Å². The molecule has 1 fully saturated rings. The quantitative estimate of drug-likeness (QED) is 0.274. The topological polar surface area (TPSA) is 189 Å². The van der Waals surface area contributed by atoms with Crippen LogP contribution in [0.25, 0.3) is 11.2 Å². The predicted molar refractivity (Wildman–Crippen MR) is 120 cm³/mol. The number of nitrogens with zero attached hydrogens (tertiary/aromatic N) is 4. The smallest absolute Gasteiger partial charge is 0.307 e. The molecule has 3 heterocycles. The van der Waals surface area contributed by atoms with Gasteiger partial charge < -0.3 is 36.2 Å². The maximum atomic E-state index is 11.1. The number of nitrogens with two attached hydrogens (primary N) is 1. The third kappa shape index (κ3) is 4.70. The van der Waals surface area contributed by atoms with E-state index in [1.165, 1.54) is 10.9 Å². The first-order valence-electron chi connectivity index (χ1n) is 10.1. The van der Waals surface area contributed by atoms with Crippen molar-refractivity contribution in [2.45, 2.75) is 44.3 Å². The SMILES string of the molecule is CCc1ccc(CC(=O)O)cc1Nc1nc(N)c2ncn([C@@H]3O[C@H](CO)[C@@H](O)[C@H]3O)c2n1.Cl. The Bertz CT molecular complexity index is 1160. The second-order valence-corrected chi connectivity index (χ2v) is 7.53. The molecule has 1 aliphatic heterocycles. The van der Waals surface area contributed by atoms with Gasteiger partial charge in [-0.3, -0.25) is 9.36 Å². The summed E-state index contributed by atoms with van der Waals surface area (Å²) in [6.45, 7) is 1.50. The predicted octanol–water partition coefficient (Wildman–Crippen LogP) is 0.375. The Labute approximate surface area is 194 Å². The number of ether oxygens (including phenoxy) is 1. The molecule has 7 N–H and O–H groups in total. The van der Waals surface area contributed by atoms with Gasteiger partial charge in [-0.05, 0) is 23.6 Å². The van der Waals surface area contributed by atoms with Gasteiger partial charge in [0.25, 0.3) is 0 Å². The number of hydrogen-bond acceptors (Lipinski definition) is 10. The number of imidazole rings is 1. The molecule has 0 amide bonds. The van der Waals surface area contributed by atoms with Crippen LogP contribution >= 0.6 is 12.4 Å². The van der Waals surface area contributed by atoms with Crippen molar-refractivity contribution in [1.82, 2.24) is 19.5 Å². The molecular weight excluding hydrogens is 456 g/mol. The molecule has 1 aliphatic rings. The average Bonchev–Trinajstić information content (AvgIpc) is 3.29. The third-order valence-electron chi connectivity index (χ3n) is 5.40. The minimum Gasteiger partial charge on any atom is -0.481 e. The van der Waals surface area contributed by atoms with Crippen LogP contribution in [0.1, 0.15) is 24.3 Å². The van der Waals surface area contributed by atoms with Crippen LogP contribution < -0.4 is 11.1 Å². The Hall–Kier alpha value is -3.03. The van der Waals surface area contributed by atoms with E-state index in [9.17, 15) is 20.1 Å². The van der Waals surface area contributed by atoms with Crippen LogP contribution in [0, 0.1) is 0 Å². The Morgan fingerprint density at radius 2 is 2.03 bits per heavy atom. The number of nitrogen functional groups attached to an aromatic ring is 1. The lowest BCUT2D eigenvalue weighted by atomic mass is 10.0. The number of aliphatic hydroxyl groups is 3. The van der Waals surface area contributed by atoms with Gasteiger partial charge in [0.05, 0.1) is 19.4 Å². The van der Waals surface area contributed by atoms with E-state index in [0.29, 0.717) is 17.7 Å². The van der Waals surface area contributed by atoms with Crippen LogP contribution in [0.3, 0.4) is 0 Å². The zero-order valence-electron chi connectivity index (χ0n) is 17.6. The number of rotatable bonds is 7. The number of carboxylic acid groups (broad SMARTS) is 1. The Morgan fingerprint density at radius 1 is 1.27 bits per heavy atom. The van der Waals surface area contributed by atoms with Gasteiger partial charge in [-0.25, -0.2) is 4.98 Å². The van der Waals surface area contributed by atoms with Crippen molar-refractivity contribution in [3.05, 3.63) is 35.7 Å². The number of aromatic nitrogens is 4. The van der Waals surface area contributed by atoms with Crippen molar-refractivity contribution >= 4 is 47.0 Å². The molecule has 0 saturated carbocycles. The molecule has 2 aromatic heterocycles. The van der Waals surface area contributed by atoms with Crippen molar-refractivity contribution in [3.8, 4) is 0 Å². The number of carbonyl (C=O) groups is 1. The zero-order valence-corrected chi connectivity index (χ0v) is 18.4. The number of aliphatic hydroxyl groups excluding tert-OH is 3. The van der Waals surface area contributed by atoms with Crippen LogP contribution in [0.2, 0.25) is 0 Å². The number of carboxylic acids is 1. The molecule has 0 radical (unpaired) electrons. The van der Waals surface area contributed by atoms with Gasteiger partial charge in [0.1, 0.15) is 23.8 Å². The summed E-state index contributed by atoms with van der Waals surface area (Å²) in [6.07, 6.45) is -2.63. The summed E-state index contributed by atoms with van der Waals surface area (Å²) in [5.74, 6) is -0.710. The lowest BCUT2D eigenvalue weighted by molar-refractivity contribution is -0.136. The number of anilines is 3. The molecule has 12 nitrogen and oxygen atoms in total. The number of fused-ring (bicyclic) bond motifs is 1.